The van der Waals surface area contributed by atoms with Gasteiger partial charge in [0.05, 0.1) is 0 Å². The first kappa shape index (κ1) is 31.4. The lowest BCUT2D eigenvalue weighted by Crippen LogP contribution is -1.85. The smallest absolute Gasteiger partial charge is 0.0431 e. The van der Waals surface area contributed by atoms with E-state index in [1.54, 1.807) is 0 Å². The molecule has 0 radical (unpaired) electrons. The molecule has 0 heterocycles. The summed E-state index contributed by atoms with van der Waals surface area (Å²) < 4.78 is 0. The summed E-state index contributed by atoms with van der Waals surface area (Å²) in [6.45, 7) is 1.56. The van der Waals surface area contributed by atoms with Crippen LogP contribution in [0.2, 0.25) is 0 Å². The zero-order chi connectivity index (χ0) is 19.3. The Kier molecular flexibility index (Phi) is 56.8. The average molecular weight is 360 g/mol. The number of hydrogen-bond donors (Lipinski definition) is 8. The molecular formula is C16H40O8. The van der Waals surface area contributed by atoms with E-state index in [4.69, 9.17) is 40.9 Å². The Balaban J connectivity index is -0.000000111. The van der Waals surface area contributed by atoms with E-state index in [2.05, 4.69) is 0 Å². The van der Waals surface area contributed by atoms with Crippen LogP contribution in [-0.4, -0.2) is 93.7 Å². The Morgan fingerprint density at radius 3 is 0.333 bits per heavy atom. The van der Waals surface area contributed by atoms with Gasteiger partial charge in [-0.1, -0.05) is 0 Å². The van der Waals surface area contributed by atoms with Gasteiger partial charge in [-0.3, -0.25) is 0 Å². The minimum Gasteiger partial charge on any atom is -0.396 e. The summed E-state index contributed by atoms with van der Waals surface area (Å²) in [7, 11) is 0. The summed E-state index contributed by atoms with van der Waals surface area (Å²) in [5, 5.41) is 64.7. The van der Waals surface area contributed by atoms with E-state index in [-0.39, 0.29) is 52.9 Å². The lowest BCUT2D eigenvalue weighted by atomic mass is 10.3. The minimum absolute atomic E-state index is 0.195. The van der Waals surface area contributed by atoms with Crippen LogP contribution in [0.15, 0.2) is 0 Å². The van der Waals surface area contributed by atoms with Crippen molar-refractivity contribution in [1.29, 1.82) is 0 Å². The summed E-state index contributed by atoms with van der Waals surface area (Å²) >= 11 is 0. The summed E-state index contributed by atoms with van der Waals surface area (Å²) in [5.41, 5.74) is 0. The van der Waals surface area contributed by atoms with Gasteiger partial charge in [-0.15, -0.1) is 0 Å². The highest BCUT2D eigenvalue weighted by molar-refractivity contribution is 4.31. The summed E-state index contributed by atoms with van der Waals surface area (Å²) in [4.78, 5) is 0. The highest BCUT2D eigenvalue weighted by Gasteiger charge is 1.78. The van der Waals surface area contributed by atoms with E-state index in [9.17, 15) is 0 Å². The van der Waals surface area contributed by atoms with Crippen molar-refractivity contribution in [3.63, 3.8) is 0 Å². The number of unbranched alkanes of at least 4 members (excludes halogenated alkanes) is 4. The van der Waals surface area contributed by atoms with Crippen LogP contribution < -0.4 is 0 Å². The third-order valence-electron chi connectivity index (χ3n) is 2.26. The Labute approximate surface area is 146 Å². The summed E-state index contributed by atoms with van der Waals surface area (Å²) in [6.07, 6.45) is 5.75. The molecule has 0 saturated heterocycles. The third-order valence-corrected chi connectivity index (χ3v) is 2.26. The normalized spacial score (nSPS) is 9.00. The molecule has 0 amide bonds. The van der Waals surface area contributed by atoms with Crippen molar-refractivity contribution in [2.75, 3.05) is 52.9 Å². The van der Waals surface area contributed by atoms with Crippen LogP contribution in [-0.2, 0) is 0 Å². The van der Waals surface area contributed by atoms with Gasteiger partial charge < -0.3 is 40.9 Å². The molecule has 8 nitrogen and oxygen atoms in total. The van der Waals surface area contributed by atoms with Gasteiger partial charge >= 0.3 is 0 Å². The molecule has 0 aromatic rings. The molecule has 0 rings (SSSR count). The standard InChI is InChI=1S/4C4H10O2/c4*5-3-1-2-4-6/h4*5-6H,1-4H2. The fourth-order valence-corrected chi connectivity index (χ4v) is 0.894. The lowest BCUT2D eigenvalue weighted by molar-refractivity contribution is 0.242. The average Bonchev–Trinajstić information content (AvgIpc) is 2.62. The van der Waals surface area contributed by atoms with E-state index < -0.39 is 0 Å². The molecule has 0 bridgehead atoms. The molecule has 24 heavy (non-hydrogen) atoms. The molecule has 0 aliphatic rings. The van der Waals surface area contributed by atoms with Crippen molar-refractivity contribution in [2.45, 2.75) is 51.4 Å². The second kappa shape index (κ2) is 43.4. The Morgan fingerprint density at radius 2 is 0.292 bits per heavy atom. The Morgan fingerprint density at radius 1 is 0.208 bits per heavy atom. The molecule has 0 aromatic carbocycles. The molecule has 152 valence electrons. The van der Waals surface area contributed by atoms with Crippen LogP contribution in [0.5, 0.6) is 0 Å². The van der Waals surface area contributed by atoms with Crippen molar-refractivity contribution >= 4 is 0 Å². The molecule has 0 atom stereocenters. The van der Waals surface area contributed by atoms with Crippen molar-refractivity contribution in [2.24, 2.45) is 0 Å². The molecule has 0 spiro atoms. The highest BCUT2D eigenvalue weighted by Crippen LogP contribution is 1.82. The van der Waals surface area contributed by atoms with Gasteiger partial charge in [0.1, 0.15) is 0 Å². The number of rotatable bonds is 12. The first-order valence-electron chi connectivity index (χ1n) is 8.53. The summed E-state index contributed by atoms with van der Waals surface area (Å²) in [6, 6.07) is 0. The van der Waals surface area contributed by atoms with Crippen molar-refractivity contribution in [3.8, 4) is 0 Å². The maximum Gasteiger partial charge on any atom is 0.0431 e. The lowest BCUT2D eigenvalue weighted by Gasteiger charge is -1.85. The molecule has 0 fully saturated rings. The monoisotopic (exact) mass is 360 g/mol. The van der Waals surface area contributed by atoms with Gasteiger partial charge in [0.25, 0.3) is 0 Å². The van der Waals surface area contributed by atoms with Crippen LogP contribution in [0.4, 0.5) is 0 Å². The molecule has 0 aromatic heterocycles. The van der Waals surface area contributed by atoms with Crippen LogP contribution in [0.25, 0.3) is 0 Å². The Hall–Kier alpha value is -0.320. The van der Waals surface area contributed by atoms with Crippen molar-refractivity contribution < 1.29 is 40.9 Å². The van der Waals surface area contributed by atoms with Gasteiger partial charge in [0, 0.05) is 52.9 Å². The van der Waals surface area contributed by atoms with E-state index in [0.29, 0.717) is 0 Å². The highest BCUT2D eigenvalue weighted by atomic mass is 16.3. The maximum atomic E-state index is 8.09. The predicted octanol–water partition coefficient (Wildman–Crippen LogP) is -0.995. The number of aliphatic hydroxyl groups excluding tert-OH is 8. The summed E-state index contributed by atoms with van der Waals surface area (Å²) in [5.74, 6) is 0. The zero-order valence-corrected chi connectivity index (χ0v) is 14.9. The minimum atomic E-state index is 0.195. The zero-order valence-electron chi connectivity index (χ0n) is 14.9. The van der Waals surface area contributed by atoms with E-state index in [0.717, 1.165) is 51.4 Å². The molecule has 8 N–H and O–H groups in total. The molecular weight excluding hydrogens is 320 g/mol. The fourth-order valence-electron chi connectivity index (χ4n) is 0.894. The van der Waals surface area contributed by atoms with Crippen LogP contribution in [0.3, 0.4) is 0 Å². The van der Waals surface area contributed by atoms with Gasteiger partial charge in [-0.25, -0.2) is 0 Å². The van der Waals surface area contributed by atoms with Crippen LogP contribution >= 0.6 is 0 Å². The topological polar surface area (TPSA) is 162 Å². The second-order valence-electron chi connectivity index (χ2n) is 4.62. The number of hydrogen-bond acceptors (Lipinski definition) is 8. The maximum absolute atomic E-state index is 8.09. The van der Waals surface area contributed by atoms with Crippen molar-refractivity contribution in [1.82, 2.24) is 0 Å². The van der Waals surface area contributed by atoms with Crippen LogP contribution in [0, 0.1) is 0 Å². The quantitative estimate of drug-likeness (QED) is 0.206. The molecule has 0 aliphatic heterocycles. The van der Waals surface area contributed by atoms with E-state index in [1.807, 2.05) is 0 Å². The molecule has 0 aliphatic carbocycles. The first-order valence-corrected chi connectivity index (χ1v) is 8.53. The first-order chi connectivity index (χ1) is 11.7. The Bertz CT molecular complexity index is 102. The van der Waals surface area contributed by atoms with Crippen LogP contribution in [0.1, 0.15) is 51.4 Å². The SMILES string of the molecule is OCCCCO.OCCCCO.OCCCCO.OCCCCO. The predicted molar refractivity (Wildman–Crippen MR) is 93.6 cm³/mol. The third kappa shape index (κ3) is 68.0. The van der Waals surface area contributed by atoms with Gasteiger partial charge in [-0.05, 0) is 51.4 Å². The number of aliphatic hydroxyl groups is 8. The largest absolute Gasteiger partial charge is 0.396 e. The second-order valence-corrected chi connectivity index (χ2v) is 4.62. The van der Waals surface area contributed by atoms with E-state index in [1.165, 1.54) is 0 Å². The van der Waals surface area contributed by atoms with Gasteiger partial charge in [0.15, 0.2) is 0 Å². The van der Waals surface area contributed by atoms with E-state index >= 15 is 0 Å². The van der Waals surface area contributed by atoms with Gasteiger partial charge in [-0.2, -0.15) is 0 Å². The molecule has 0 saturated carbocycles. The molecule has 0 unspecified atom stereocenters. The van der Waals surface area contributed by atoms with Crippen molar-refractivity contribution in [3.05, 3.63) is 0 Å². The molecule has 8 heteroatoms. The van der Waals surface area contributed by atoms with Gasteiger partial charge in [0.2, 0.25) is 0 Å². The fraction of sp³-hybridized carbons (Fsp3) is 1.00.